The molecule has 1 fully saturated rings. The SMILES string of the molecule is COC(=O)N1CCCCC1CC(C)=O. The quantitative estimate of drug-likeness (QED) is 0.678. The van der Waals surface area contributed by atoms with Gasteiger partial charge in [0.2, 0.25) is 0 Å². The maximum absolute atomic E-state index is 11.4. The Morgan fingerprint density at radius 3 is 2.71 bits per heavy atom. The second-order valence-electron chi connectivity index (χ2n) is 3.72. The number of ketones is 1. The van der Waals surface area contributed by atoms with Gasteiger partial charge in [0.1, 0.15) is 5.78 Å². The van der Waals surface area contributed by atoms with E-state index in [1.54, 1.807) is 11.8 Å². The average Bonchev–Trinajstić information content (AvgIpc) is 2.16. The van der Waals surface area contributed by atoms with E-state index in [4.69, 9.17) is 0 Å². The van der Waals surface area contributed by atoms with Gasteiger partial charge in [-0.1, -0.05) is 0 Å². The van der Waals surface area contributed by atoms with E-state index in [-0.39, 0.29) is 17.9 Å². The fourth-order valence-corrected chi connectivity index (χ4v) is 1.90. The van der Waals surface area contributed by atoms with Crippen molar-refractivity contribution in [1.29, 1.82) is 0 Å². The molecule has 0 aliphatic carbocycles. The number of methoxy groups -OCH3 is 1. The fourth-order valence-electron chi connectivity index (χ4n) is 1.90. The number of carbonyl (C=O) groups excluding carboxylic acids is 2. The Morgan fingerprint density at radius 1 is 1.43 bits per heavy atom. The zero-order valence-electron chi connectivity index (χ0n) is 8.78. The highest BCUT2D eigenvalue weighted by Crippen LogP contribution is 2.20. The van der Waals surface area contributed by atoms with Crippen molar-refractivity contribution in [1.82, 2.24) is 4.90 Å². The van der Waals surface area contributed by atoms with Gasteiger partial charge < -0.3 is 9.64 Å². The van der Waals surface area contributed by atoms with Crippen LogP contribution in [0.2, 0.25) is 0 Å². The lowest BCUT2D eigenvalue weighted by Crippen LogP contribution is -2.44. The monoisotopic (exact) mass is 199 g/mol. The van der Waals surface area contributed by atoms with Gasteiger partial charge in [-0.2, -0.15) is 0 Å². The van der Waals surface area contributed by atoms with Crippen LogP contribution in [-0.2, 0) is 9.53 Å². The predicted molar refractivity (Wildman–Crippen MR) is 52.0 cm³/mol. The lowest BCUT2D eigenvalue weighted by Gasteiger charge is -2.33. The molecule has 0 spiro atoms. The molecule has 1 amide bonds. The largest absolute Gasteiger partial charge is 0.453 e. The van der Waals surface area contributed by atoms with Crippen molar-refractivity contribution in [2.24, 2.45) is 0 Å². The summed E-state index contributed by atoms with van der Waals surface area (Å²) in [7, 11) is 1.38. The Kier molecular flexibility index (Phi) is 3.92. The number of hydrogen-bond acceptors (Lipinski definition) is 3. The summed E-state index contributed by atoms with van der Waals surface area (Å²) in [6.45, 7) is 2.27. The van der Waals surface area contributed by atoms with Crippen molar-refractivity contribution in [2.45, 2.75) is 38.6 Å². The van der Waals surface area contributed by atoms with E-state index in [2.05, 4.69) is 4.74 Å². The van der Waals surface area contributed by atoms with Gasteiger partial charge in [0.15, 0.2) is 0 Å². The first-order chi connectivity index (χ1) is 6.65. The van der Waals surface area contributed by atoms with Crippen LogP contribution in [0.1, 0.15) is 32.6 Å². The first kappa shape index (κ1) is 11.0. The molecule has 0 N–H and O–H groups in total. The third-order valence-corrected chi connectivity index (χ3v) is 2.56. The predicted octanol–water partition coefficient (Wildman–Crippen LogP) is 1.59. The smallest absolute Gasteiger partial charge is 0.409 e. The van der Waals surface area contributed by atoms with E-state index in [0.717, 1.165) is 19.3 Å². The van der Waals surface area contributed by atoms with Crippen molar-refractivity contribution in [2.75, 3.05) is 13.7 Å². The fraction of sp³-hybridized carbons (Fsp3) is 0.800. The second-order valence-corrected chi connectivity index (χ2v) is 3.72. The number of hydrogen-bond donors (Lipinski definition) is 0. The first-order valence-electron chi connectivity index (χ1n) is 4.99. The number of Topliss-reactive ketones (excluding diaryl/α,β-unsaturated/α-hetero) is 1. The second kappa shape index (κ2) is 4.98. The van der Waals surface area contributed by atoms with Crippen LogP contribution < -0.4 is 0 Å². The van der Waals surface area contributed by atoms with Crippen LogP contribution in [0, 0.1) is 0 Å². The standard InChI is InChI=1S/C10H17NO3/c1-8(12)7-9-5-3-4-6-11(9)10(13)14-2/h9H,3-7H2,1-2H3. The molecule has 1 atom stereocenters. The van der Waals surface area contributed by atoms with Crippen molar-refractivity contribution >= 4 is 11.9 Å². The molecular weight excluding hydrogens is 182 g/mol. The minimum Gasteiger partial charge on any atom is -0.453 e. The van der Waals surface area contributed by atoms with Crippen LogP contribution in [0.15, 0.2) is 0 Å². The highest BCUT2D eigenvalue weighted by molar-refractivity contribution is 5.77. The van der Waals surface area contributed by atoms with E-state index in [0.29, 0.717) is 13.0 Å². The third-order valence-electron chi connectivity index (χ3n) is 2.56. The molecule has 0 aromatic rings. The molecule has 4 heteroatoms. The maximum Gasteiger partial charge on any atom is 0.409 e. The maximum atomic E-state index is 11.4. The topological polar surface area (TPSA) is 46.6 Å². The van der Waals surface area contributed by atoms with Crippen molar-refractivity contribution in [3.05, 3.63) is 0 Å². The van der Waals surface area contributed by atoms with Gasteiger partial charge in [0, 0.05) is 19.0 Å². The molecule has 4 nitrogen and oxygen atoms in total. The normalized spacial score (nSPS) is 21.9. The lowest BCUT2D eigenvalue weighted by atomic mass is 9.98. The van der Waals surface area contributed by atoms with E-state index < -0.39 is 0 Å². The summed E-state index contributed by atoms with van der Waals surface area (Å²) in [4.78, 5) is 24.0. The Labute approximate surface area is 84.2 Å². The third kappa shape index (κ3) is 2.72. The number of amides is 1. The van der Waals surface area contributed by atoms with E-state index in [9.17, 15) is 9.59 Å². The molecule has 1 heterocycles. The summed E-state index contributed by atoms with van der Waals surface area (Å²) in [5.74, 6) is 0.130. The highest BCUT2D eigenvalue weighted by Gasteiger charge is 2.27. The number of rotatable bonds is 2. The van der Waals surface area contributed by atoms with Crippen LogP contribution in [0.3, 0.4) is 0 Å². The van der Waals surface area contributed by atoms with Crippen LogP contribution in [0.25, 0.3) is 0 Å². The summed E-state index contributed by atoms with van der Waals surface area (Å²) in [5, 5.41) is 0. The van der Waals surface area contributed by atoms with Gasteiger partial charge >= 0.3 is 6.09 Å². The molecule has 1 unspecified atom stereocenters. The van der Waals surface area contributed by atoms with Crippen LogP contribution in [0.4, 0.5) is 4.79 Å². The molecular formula is C10H17NO3. The summed E-state index contributed by atoms with van der Waals surface area (Å²) >= 11 is 0. The molecule has 1 aliphatic heterocycles. The number of piperidine rings is 1. The van der Waals surface area contributed by atoms with Crippen molar-refractivity contribution < 1.29 is 14.3 Å². The molecule has 0 aromatic carbocycles. The van der Waals surface area contributed by atoms with Crippen molar-refractivity contribution in [3.8, 4) is 0 Å². The Bertz CT molecular complexity index is 227. The van der Waals surface area contributed by atoms with E-state index in [1.165, 1.54) is 7.11 Å². The highest BCUT2D eigenvalue weighted by atomic mass is 16.5. The lowest BCUT2D eigenvalue weighted by molar-refractivity contribution is -0.118. The molecule has 0 bridgehead atoms. The minimum absolute atomic E-state index is 0.0497. The van der Waals surface area contributed by atoms with Gasteiger partial charge in [-0.05, 0) is 26.2 Å². The summed E-state index contributed by atoms with van der Waals surface area (Å²) in [6.07, 6.45) is 3.15. The van der Waals surface area contributed by atoms with E-state index >= 15 is 0 Å². The Hall–Kier alpha value is -1.06. The average molecular weight is 199 g/mol. The van der Waals surface area contributed by atoms with Crippen LogP contribution in [-0.4, -0.2) is 36.5 Å². The summed E-state index contributed by atoms with van der Waals surface area (Å²) in [5.41, 5.74) is 0. The Morgan fingerprint density at radius 2 is 2.14 bits per heavy atom. The van der Waals surface area contributed by atoms with E-state index in [1.807, 2.05) is 0 Å². The van der Waals surface area contributed by atoms with Crippen LogP contribution >= 0.6 is 0 Å². The van der Waals surface area contributed by atoms with Gasteiger partial charge in [0.25, 0.3) is 0 Å². The zero-order chi connectivity index (χ0) is 10.6. The van der Waals surface area contributed by atoms with Gasteiger partial charge in [-0.15, -0.1) is 0 Å². The molecule has 1 rings (SSSR count). The summed E-state index contributed by atoms with van der Waals surface area (Å²) < 4.78 is 4.68. The summed E-state index contributed by atoms with van der Waals surface area (Å²) in [6, 6.07) is 0.0497. The Balaban J connectivity index is 2.58. The molecule has 0 saturated carbocycles. The molecule has 80 valence electrons. The van der Waals surface area contributed by atoms with Gasteiger partial charge in [-0.3, -0.25) is 4.79 Å². The molecule has 1 aliphatic rings. The van der Waals surface area contributed by atoms with Gasteiger partial charge in [0.05, 0.1) is 7.11 Å². The van der Waals surface area contributed by atoms with Crippen LogP contribution in [0.5, 0.6) is 0 Å². The molecule has 0 aromatic heterocycles. The number of carbonyl (C=O) groups is 2. The minimum atomic E-state index is -0.309. The number of ether oxygens (including phenoxy) is 1. The molecule has 1 saturated heterocycles. The molecule has 0 radical (unpaired) electrons. The first-order valence-corrected chi connectivity index (χ1v) is 4.99. The number of likely N-dealkylation sites (tertiary alicyclic amines) is 1. The number of nitrogens with zero attached hydrogens (tertiary/aromatic N) is 1. The molecule has 14 heavy (non-hydrogen) atoms. The zero-order valence-corrected chi connectivity index (χ0v) is 8.78. The van der Waals surface area contributed by atoms with Gasteiger partial charge in [-0.25, -0.2) is 4.79 Å². The van der Waals surface area contributed by atoms with Crippen molar-refractivity contribution in [3.63, 3.8) is 0 Å².